The van der Waals surface area contributed by atoms with Gasteiger partial charge in [0.2, 0.25) is 0 Å². The summed E-state index contributed by atoms with van der Waals surface area (Å²) in [5.74, 6) is 1.02. The van der Waals surface area contributed by atoms with E-state index in [0.29, 0.717) is 5.25 Å². The number of hydrogen-bond acceptors (Lipinski definition) is 3. The average Bonchev–Trinajstić information content (AvgIpc) is 2.62. The number of ether oxygens (including phenoxy) is 1. The zero-order chi connectivity index (χ0) is 17.3. The van der Waals surface area contributed by atoms with Gasteiger partial charge in [0.1, 0.15) is 11.4 Å². The van der Waals surface area contributed by atoms with Crippen LogP contribution in [-0.4, -0.2) is 23.9 Å². The van der Waals surface area contributed by atoms with E-state index in [1.54, 1.807) is 0 Å². The summed E-state index contributed by atoms with van der Waals surface area (Å²) in [5, 5.41) is 4.05. The summed E-state index contributed by atoms with van der Waals surface area (Å²) in [7, 11) is 0. The molecule has 0 unspecified atom stereocenters. The minimum absolute atomic E-state index is 0.166. The normalized spacial score (nSPS) is 18.6. The fourth-order valence-corrected chi connectivity index (χ4v) is 4.53. The van der Waals surface area contributed by atoms with Crippen molar-refractivity contribution < 1.29 is 4.74 Å². The SMILES string of the molecule is CC(C)Sc1ccc(C2=CC3(CCNCC3)Oc3ccccc32)cc1. The van der Waals surface area contributed by atoms with Gasteiger partial charge >= 0.3 is 0 Å². The van der Waals surface area contributed by atoms with Crippen LogP contribution in [0, 0.1) is 0 Å². The van der Waals surface area contributed by atoms with Crippen LogP contribution in [0.4, 0.5) is 0 Å². The highest BCUT2D eigenvalue weighted by Gasteiger charge is 2.36. The summed E-state index contributed by atoms with van der Waals surface area (Å²) in [5.41, 5.74) is 3.63. The Morgan fingerprint density at radius 1 is 1.00 bits per heavy atom. The molecule has 0 atom stereocenters. The lowest BCUT2D eigenvalue weighted by Crippen LogP contribution is -2.46. The third-order valence-corrected chi connectivity index (χ3v) is 5.90. The molecule has 2 heterocycles. The summed E-state index contributed by atoms with van der Waals surface area (Å²) in [6.45, 7) is 6.49. The van der Waals surface area contributed by atoms with Gasteiger partial charge in [-0.25, -0.2) is 0 Å². The van der Waals surface area contributed by atoms with E-state index in [4.69, 9.17) is 4.74 Å². The molecule has 4 rings (SSSR count). The highest BCUT2D eigenvalue weighted by molar-refractivity contribution is 7.99. The van der Waals surface area contributed by atoms with Gasteiger partial charge in [-0.15, -0.1) is 11.8 Å². The quantitative estimate of drug-likeness (QED) is 0.774. The first-order chi connectivity index (χ1) is 12.2. The summed E-state index contributed by atoms with van der Waals surface area (Å²) >= 11 is 1.91. The van der Waals surface area contributed by atoms with Crippen LogP contribution in [-0.2, 0) is 0 Å². The second-order valence-electron chi connectivity index (χ2n) is 7.16. The van der Waals surface area contributed by atoms with E-state index >= 15 is 0 Å². The zero-order valence-corrected chi connectivity index (χ0v) is 15.7. The number of thioether (sulfide) groups is 1. The van der Waals surface area contributed by atoms with Crippen molar-refractivity contribution in [2.45, 2.75) is 42.4 Å². The van der Waals surface area contributed by atoms with Crippen molar-refractivity contribution in [1.82, 2.24) is 5.32 Å². The smallest absolute Gasteiger partial charge is 0.130 e. The first-order valence-corrected chi connectivity index (χ1v) is 10.0. The van der Waals surface area contributed by atoms with Crippen molar-refractivity contribution in [2.75, 3.05) is 13.1 Å². The highest BCUT2D eigenvalue weighted by Crippen LogP contribution is 2.42. The Bertz CT molecular complexity index is 773. The van der Waals surface area contributed by atoms with Crippen molar-refractivity contribution in [3.05, 3.63) is 65.7 Å². The predicted molar refractivity (Wildman–Crippen MR) is 106 cm³/mol. The van der Waals surface area contributed by atoms with Crippen molar-refractivity contribution in [3.8, 4) is 5.75 Å². The molecule has 1 spiro atoms. The molecule has 0 aromatic heterocycles. The maximum Gasteiger partial charge on any atom is 0.130 e. The summed E-state index contributed by atoms with van der Waals surface area (Å²) in [4.78, 5) is 1.33. The van der Waals surface area contributed by atoms with E-state index in [1.807, 2.05) is 11.8 Å². The molecular weight excluding hydrogens is 326 g/mol. The lowest BCUT2D eigenvalue weighted by molar-refractivity contribution is 0.0817. The van der Waals surface area contributed by atoms with Crippen molar-refractivity contribution >= 4 is 17.3 Å². The molecule has 2 aliphatic heterocycles. The van der Waals surface area contributed by atoms with Crippen molar-refractivity contribution in [1.29, 1.82) is 0 Å². The van der Waals surface area contributed by atoms with Gasteiger partial charge in [-0.05, 0) is 48.5 Å². The molecule has 2 aromatic rings. The third-order valence-electron chi connectivity index (χ3n) is 4.88. The van der Waals surface area contributed by atoms with Crippen molar-refractivity contribution in [3.63, 3.8) is 0 Å². The Balaban J connectivity index is 1.74. The monoisotopic (exact) mass is 351 g/mol. The van der Waals surface area contributed by atoms with Crippen LogP contribution in [0.2, 0.25) is 0 Å². The molecule has 0 amide bonds. The molecule has 0 bridgehead atoms. The molecule has 2 aliphatic rings. The zero-order valence-electron chi connectivity index (χ0n) is 14.9. The van der Waals surface area contributed by atoms with E-state index in [9.17, 15) is 0 Å². The molecule has 0 radical (unpaired) electrons. The largest absolute Gasteiger partial charge is 0.482 e. The van der Waals surface area contributed by atoms with E-state index in [1.165, 1.54) is 21.6 Å². The molecule has 2 nitrogen and oxygen atoms in total. The van der Waals surface area contributed by atoms with E-state index in [2.05, 4.69) is 73.8 Å². The number of rotatable bonds is 3. The second-order valence-corrected chi connectivity index (χ2v) is 8.81. The van der Waals surface area contributed by atoms with Crippen LogP contribution in [0.25, 0.3) is 5.57 Å². The number of piperidine rings is 1. The Hall–Kier alpha value is -1.71. The Morgan fingerprint density at radius 2 is 1.72 bits per heavy atom. The minimum atomic E-state index is -0.166. The first-order valence-electron chi connectivity index (χ1n) is 9.14. The Morgan fingerprint density at radius 3 is 2.44 bits per heavy atom. The molecule has 25 heavy (non-hydrogen) atoms. The maximum absolute atomic E-state index is 6.47. The first kappa shape index (κ1) is 16.7. The van der Waals surface area contributed by atoms with Crippen LogP contribution in [0.1, 0.15) is 37.8 Å². The van der Waals surface area contributed by atoms with Crippen LogP contribution < -0.4 is 10.1 Å². The summed E-state index contributed by atoms with van der Waals surface area (Å²) in [6, 6.07) is 17.4. The number of fused-ring (bicyclic) bond motifs is 1. The van der Waals surface area contributed by atoms with Gasteiger partial charge in [0.05, 0.1) is 0 Å². The van der Waals surface area contributed by atoms with Crippen LogP contribution in [0.3, 0.4) is 0 Å². The molecule has 2 aromatic carbocycles. The fourth-order valence-electron chi connectivity index (χ4n) is 3.69. The van der Waals surface area contributed by atoms with Gasteiger partial charge in [0, 0.05) is 28.6 Å². The molecular formula is C22H25NOS. The van der Waals surface area contributed by atoms with Gasteiger partial charge in [0.25, 0.3) is 0 Å². The lowest BCUT2D eigenvalue weighted by atomic mass is 9.83. The minimum Gasteiger partial charge on any atom is -0.482 e. The average molecular weight is 352 g/mol. The molecule has 1 fully saturated rings. The topological polar surface area (TPSA) is 21.3 Å². The number of nitrogens with one attached hydrogen (secondary N) is 1. The molecule has 3 heteroatoms. The number of benzene rings is 2. The maximum atomic E-state index is 6.47. The van der Waals surface area contributed by atoms with Gasteiger partial charge in [-0.3, -0.25) is 0 Å². The van der Waals surface area contributed by atoms with Gasteiger partial charge in [0.15, 0.2) is 0 Å². The molecule has 0 saturated carbocycles. The molecule has 130 valence electrons. The second kappa shape index (κ2) is 6.89. The van der Waals surface area contributed by atoms with E-state index in [-0.39, 0.29) is 5.60 Å². The lowest BCUT2D eigenvalue weighted by Gasteiger charge is -2.40. The van der Waals surface area contributed by atoms with Crippen LogP contribution in [0.15, 0.2) is 59.5 Å². The van der Waals surface area contributed by atoms with Crippen LogP contribution in [0.5, 0.6) is 5.75 Å². The number of hydrogen-bond donors (Lipinski definition) is 1. The molecule has 1 N–H and O–H groups in total. The number of para-hydroxylation sites is 1. The fraction of sp³-hybridized carbons (Fsp3) is 0.364. The Labute approximate surface area is 154 Å². The highest BCUT2D eigenvalue weighted by atomic mass is 32.2. The van der Waals surface area contributed by atoms with Gasteiger partial charge in [-0.2, -0.15) is 0 Å². The third kappa shape index (κ3) is 3.49. The van der Waals surface area contributed by atoms with Crippen molar-refractivity contribution in [2.24, 2.45) is 0 Å². The summed E-state index contributed by atoms with van der Waals surface area (Å²) in [6.07, 6.45) is 4.42. The van der Waals surface area contributed by atoms with E-state index < -0.39 is 0 Å². The predicted octanol–water partition coefficient (Wildman–Crippen LogP) is 5.13. The Kier molecular flexibility index (Phi) is 4.61. The standard InChI is InChI=1S/C22H25NOS/c1-16(2)25-18-9-7-17(8-10-18)20-15-22(11-13-23-14-12-22)24-21-6-4-3-5-19(20)21/h3-10,15-16,23H,11-14H2,1-2H3. The van der Waals surface area contributed by atoms with E-state index in [0.717, 1.165) is 31.7 Å². The van der Waals surface area contributed by atoms with Crippen LogP contribution >= 0.6 is 11.8 Å². The summed E-state index contributed by atoms with van der Waals surface area (Å²) < 4.78 is 6.47. The molecule has 0 aliphatic carbocycles. The molecule has 1 saturated heterocycles. The van der Waals surface area contributed by atoms with Gasteiger partial charge in [-0.1, -0.05) is 44.2 Å². The van der Waals surface area contributed by atoms with Gasteiger partial charge < -0.3 is 10.1 Å².